The molecule has 160 valence electrons. The average Bonchev–Trinajstić information content (AvgIpc) is 2.70. The lowest BCUT2D eigenvalue weighted by Gasteiger charge is -2.39. The molecule has 4 nitrogen and oxygen atoms in total. The van der Waals surface area contributed by atoms with Gasteiger partial charge in [0.25, 0.3) is 0 Å². The molecule has 1 amide bonds. The summed E-state index contributed by atoms with van der Waals surface area (Å²) in [6, 6.07) is 14.3. The maximum atomic E-state index is 13.1. The molecule has 1 atom stereocenters. The van der Waals surface area contributed by atoms with Gasteiger partial charge in [-0.1, -0.05) is 41.4 Å². The van der Waals surface area contributed by atoms with Gasteiger partial charge in [0.05, 0.1) is 6.04 Å². The quantitative estimate of drug-likeness (QED) is 0.723. The SMILES string of the molecule is Cc1ccc2c(c1)C(NC(=O)C1CCN(Cc3ccc(Cl)cc3)CC1)CC(C)(C)O2. The van der Waals surface area contributed by atoms with E-state index in [1.807, 2.05) is 18.2 Å². The predicted octanol–water partition coefficient (Wildman–Crippen LogP) is 5.28. The van der Waals surface area contributed by atoms with Crippen LogP contribution in [0.5, 0.6) is 5.75 Å². The number of nitrogens with zero attached hydrogens (tertiary/aromatic N) is 1. The highest BCUT2D eigenvalue weighted by Crippen LogP contribution is 2.40. The van der Waals surface area contributed by atoms with Crippen molar-refractivity contribution in [3.05, 3.63) is 64.2 Å². The monoisotopic (exact) mass is 426 g/mol. The van der Waals surface area contributed by atoms with Crippen molar-refractivity contribution in [1.29, 1.82) is 0 Å². The minimum atomic E-state index is -0.290. The third-order valence-electron chi connectivity index (χ3n) is 6.22. The van der Waals surface area contributed by atoms with Crippen molar-refractivity contribution in [3.8, 4) is 5.75 Å². The number of hydrogen-bond acceptors (Lipinski definition) is 3. The minimum absolute atomic E-state index is 0.00301. The number of aryl methyl sites for hydroxylation is 1. The van der Waals surface area contributed by atoms with Crippen molar-refractivity contribution in [2.75, 3.05) is 13.1 Å². The first kappa shape index (κ1) is 21.2. The summed E-state index contributed by atoms with van der Waals surface area (Å²) < 4.78 is 6.14. The third kappa shape index (κ3) is 4.98. The summed E-state index contributed by atoms with van der Waals surface area (Å²) in [4.78, 5) is 15.5. The van der Waals surface area contributed by atoms with E-state index in [2.05, 4.69) is 55.3 Å². The molecule has 0 bridgehead atoms. The molecule has 1 N–H and O–H groups in total. The highest BCUT2D eigenvalue weighted by atomic mass is 35.5. The van der Waals surface area contributed by atoms with Crippen LogP contribution in [0.4, 0.5) is 0 Å². The predicted molar refractivity (Wildman–Crippen MR) is 121 cm³/mol. The molecule has 30 heavy (non-hydrogen) atoms. The Labute approximate surface area is 184 Å². The number of piperidine rings is 1. The Hall–Kier alpha value is -2.04. The van der Waals surface area contributed by atoms with E-state index in [1.165, 1.54) is 11.1 Å². The van der Waals surface area contributed by atoms with Crippen molar-refractivity contribution in [2.24, 2.45) is 5.92 Å². The van der Waals surface area contributed by atoms with Crippen LogP contribution in [0.1, 0.15) is 55.8 Å². The van der Waals surface area contributed by atoms with Crippen molar-refractivity contribution >= 4 is 17.5 Å². The van der Waals surface area contributed by atoms with E-state index >= 15 is 0 Å². The van der Waals surface area contributed by atoms with Crippen molar-refractivity contribution in [3.63, 3.8) is 0 Å². The molecule has 2 heterocycles. The fourth-order valence-electron chi connectivity index (χ4n) is 4.59. The molecule has 1 fully saturated rings. The molecule has 4 rings (SSSR count). The zero-order chi connectivity index (χ0) is 21.3. The second-order valence-corrected chi connectivity index (χ2v) is 9.78. The van der Waals surface area contributed by atoms with Gasteiger partial charge in [-0.3, -0.25) is 9.69 Å². The summed E-state index contributed by atoms with van der Waals surface area (Å²) in [6.45, 7) is 9.04. The highest BCUT2D eigenvalue weighted by Gasteiger charge is 2.36. The van der Waals surface area contributed by atoms with Crippen LogP contribution in [0.3, 0.4) is 0 Å². The van der Waals surface area contributed by atoms with Gasteiger partial charge in [-0.15, -0.1) is 0 Å². The summed E-state index contributed by atoms with van der Waals surface area (Å²) in [7, 11) is 0. The number of benzene rings is 2. The first-order valence-corrected chi connectivity index (χ1v) is 11.2. The summed E-state index contributed by atoms with van der Waals surface area (Å²) in [6.07, 6.45) is 2.57. The molecular formula is C25H31ClN2O2. The second-order valence-electron chi connectivity index (χ2n) is 9.35. The van der Waals surface area contributed by atoms with Gasteiger partial charge in [-0.25, -0.2) is 0 Å². The van der Waals surface area contributed by atoms with Crippen LogP contribution in [-0.2, 0) is 11.3 Å². The number of hydrogen-bond donors (Lipinski definition) is 1. The maximum absolute atomic E-state index is 13.1. The summed E-state index contributed by atoms with van der Waals surface area (Å²) >= 11 is 5.98. The lowest BCUT2D eigenvalue weighted by Crippen LogP contribution is -2.45. The van der Waals surface area contributed by atoms with E-state index in [9.17, 15) is 4.79 Å². The number of likely N-dealkylation sites (tertiary alicyclic amines) is 1. The molecule has 2 aromatic carbocycles. The number of fused-ring (bicyclic) bond motifs is 1. The molecule has 1 unspecified atom stereocenters. The molecule has 0 aromatic heterocycles. The molecule has 2 aliphatic rings. The van der Waals surface area contributed by atoms with Crippen LogP contribution in [0, 0.1) is 12.8 Å². The van der Waals surface area contributed by atoms with Gasteiger partial charge in [0, 0.05) is 29.5 Å². The standard InChI is InChI=1S/C25H31ClN2O2/c1-17-4-9-23-21(14-17)22(15-25(2,3)30-23)27-24(29)19-10-12-28(13-11-19)16-18-5-7-20(26)8-6-18/h4-9,14,19,22H,10-13,15-16H2,1-3H3,(H,27,29). The van der Waals surface area contributed by atoms with E-state index in [4.69, 9.17) is 16.3 Å². The maximum Gasteiger partial charge on any atom is 0.223 e. The van der Waals surface area contributed by atoms with Gasteiger partial charge < -0.3 is 10.1 Å². The van der Waals surface area contributed by atoms with Crippen molar-refractivity contribution < 1.29 is 9.53 Å². The summed E-state index contributed by atoms with van der Waals surface area (Å²) in [5.41, 5.74) is 3.26. The van der Waals surface area contributed by atoms with E-state index in [0.717, 1.165) is 55.2 Å². The lowest BCUT2D eigenvalue weighted by atomic mass is 9.88. The number of amides is 1. The third-order valence-corrected chi connectivity index (χ3v) is 6.47. The van der Waals surface area contributed by atoms with Crippen LogP contribution in [0.25, 0.3) is 0 Å². The van der Waals surface area contributed by atoms with E-state index < -0.39 is 0 Å². The molecular weight excluding hydrogens is 396 g/mol. The molecule has 0 spiro atoms. The Morgan fingerprint density at radius 1 is 1.17 bits per heavy atom. The number of carbonyl (C=O) groups is 1. The minimum Gasteiger partial charge on any atom is -0.487 e. The molecule has 5 heteroatoms. The largest absolute Gasteiger partial charge is 0.487 e. The Bertz CT molecular complexity index is 902. The van der Waals surface area contributed by atoms with Crippen molar-refractivity contribution in [1.82, 2.24) is 10.2 Å². The molecule has 2 aliphatic heterocycles. The Morgan fingerprint density at radius 2 is 1.87 bits per heavy atom. The number of nitrogens with one attached hydrogen (secondary N) is 1. The lowest BCUT2D eigenvalue weighted by molar-refractivity contribution is -0.127. The van der Waals surface area contributed by atoms with Gasteiger partial charge >= 0.3 is 0 Å². The van der Waals surface area contributed by atoms with Crippen molar-refractivity contribution in [2.45, 2.75) is 58.2 Å². The molecule has 0 aliphatic carbocycles. The molecule has 0 saturated carbocycles. The normalized spacial score (nSPS) is 21.5. The Balaban J connectivity index is 1.36. The fourth-order valence-corrected chi connectivity index (χ4v) is 4.72. The number of ether oxygens (including phenoxy) is 1. The van der Waals surface area contributed by atoms with Crippen LogP contribution in [-0.4, -0.2) is 29.5 Å². The van der Waals surface area contributed by atoms with Crippen LogP contribution in [0.15, 0.2) is 42.5 Å². The molecule has 1 saturated heterocycles. The van der Waals surface area contributed by atoms with E-state index in [0.29, 0.717) is 0 Å². The van der Waals surface area contributed by atoms with Gasteiger partial charge in [0.1, 0.15) is 11.4 Å². The van der Waals surface area contributed by atoms with Crippen LogP contribution < -0.4 is 10.1 Å². The van der Waals surface area contributed by atoms with Crippen LogP contribution in [0.2, 0.25) is 5.02 Å². The average molecular weight is 427 g/mol. The van der Waals surface area contributed by atoms with Gasteiger partial charge in [-0.05, 0) is 70.5 Å². The van der Waals surface area contributed by atoms with E-state index in [1.54, 1.807) is 0 Å². The number of rotatable bonds is 4. The zero-order valence-corrected chi connectivity index (χ0v) is 18.8. The molecule has 0 radical (unpaired) electrons. The first-order valence-electron chi connectivity index (χ1n) is 10.9. The topological polar surface area (TPSA) is 41.6 Å². The second kappa shape index (κ2) is 8.60. The molecule has 2 aromatic rings. The van der Waals surface area contributed by atoms with E-state index in [-0.39, 0.29) is 23.5 Å². The van der Waals surface area contributed by atoms with Gasteiger partial charge in [0.15, 0.2) is 0 Å². The zero-order valence-electron chi connectivity index (χ0n) is 18.1. The van der Waals surface area contributed by atoms with Gasteiger partial charge in [0.2, 0.25) is 5.91 Å². The smallest absolute Gasteiger partial charge is 0.223 e. The van der Waals surface area contributed by atoms with Crippen LogP contribution >= 0.6 is 11.6 Å². The Kier molecular flexibility index (Phi) is 6.08. The first-order chi connectivity index (χ1) is 14.3. The summed E-state index contributed by atoms with van der Waals surface area (Å²) in [5.74, 6) is 1.14. The Morgan fingerprint density at radius 3 is 2.57 bits per heavy atom. The number of carbonyl (C=O) groups excluding carboxylic acids is 1. The fraction of sp³-hybridized carbons (Fsp3) is 0.480. The summed E-state index contributed by atoms with van der Waals surface area (Å²) in [5, 5.41) is 4.11. The number of halogens is 1. The van der Waals surface area contributed by atoms with Gasteiger partial charge in [-0.2, -0.15) is 0 Å². The highest BCUT2D eigenvalue weighted by molar-refractivity contribution is 6.30.